The molecule has 0 saturated carbocycles. The van der Waals surface area contributed by atoms with Gasteiger partial charge in [-0.25, -0.2) is 0 Å². The van der Waals surface area contributed by atoms with Crippen LogP contribution in [0.4, 0.5) is 0 Å². The molecule has 4 nitrogen and oxygen atoms in total. The van der Waals surface area contributed by atoms with Crippen LogP contribution in [0, 0.1) is 0 Å². The monoisotopic (exact) mass is 386 g/mol. The van der Waals surface area contributed by atoms with E-state index in [0.29, 0.717) is 13.2 Å². The van der Waals surface area contributed by atoms with Crippen LogP contribution >= 0.6 is 0 Å². The van der Waals surface area contributed by atoms with Crippen LogP contribution < -0.4 is 20.9 Å². The first-order valence-electron chi connectivity index (χ1n) is 10.9. The van der Waals surface area contributed by atoms with Crippen molar-refractivity contribution in [2.45, 2.75) is 78.3 Å². The predicted octanol–water partition coefficient (Wildman–Crippen LogP) is 6.02. The lowest BCUT2D eigenvalue weighted by molar-refractivity contribution is 0.304. The van der Waals surface area contributed by atoms with E-state index in [9.17, 15) is 0 Å². The second-order valence-electron chi connectivity index (χ2n) is 7.50. The lowest BCUT2D eigenvalue weighted by Crippen LogP contribution is -2.13. The minimum absolute atomic E-state index is 0.0388. The molecule has 4 heteroatoms. The molecule has 0 saturated heterocycles. The fraction of sp³-hybridized carbons (Fsp3) is 0.583. The molecule has 0 amide bonds. The Morgan fingerprint density at radius 2 is 1.07 bits per heavy atom. The Bertz CT molecular complexity index is 682. The van der Waals surface area contributed by atoms with Gasteiger partial charge in [-0.2, -0.15) is 0 Å². The van der Waals surface area contributed by atoms with E-state index in [0.717, 1.165) is 71.9 Å². The summed E-state index contributed by atoms with van der Waals surface area (Å²) in [5.41, 5.74) is 14.9. The average molecular weight is 387 g/mol. The van der Waals surface area contributed by atoms with Gasteiger partial charge in [0.15, 0.2) is 0 Å². The highest BCUT2D eigenvalue weighted by molar-refractivity contribution is 5.95. The summed E-state index contributed by atoms with van der Waals surface area (Å²) in [5, 5.41) is 2.13. The number of ether oxygens (including phenoxy) is 2. The van der Waals surface area contributed by atoms with Crippen molar-refractivity contribution in [3.63, 3.8) is 0 Å². The minimum atomic E-state index is -0.0388. The van der Waals surface area contributed by atoms with Crippen molar-refractivity contribution in [3.05, 3.63) is 35.4 Å². The van der Waals surface area contributed by atoms with Gasteiger partial charge in [0.1, 0.15) is 11.5 Å². The van der Waals surface area contributed by atoms with Crippen molar-refractivity contribution in [2.24, 2.45) is 11.5 Å². The van der Waals surface area contributed by atoms with E-state index in [-0.39, 0.29) is 12.1 Å². The molecule has 2 unspecified atom stereocenters. The van der Waals surface area contributed by atoms with Crippen molar-refractivity contribution in [1.82, 2.24) is 0 Å². The first-order valence-corrected chi connectivity index (χ1v) is 10.9. The Labute approximate surface area is 170 Å². The van der Waals surface area contributed by atoms with Crippen LogP contribution in [-0.4, -0.2) is 13.2 Å². The van der Waals surface area contributed by atoms with Gasteiger partial charge in [-0.3, -0.25) is 0 Å². The number of benzene rings is 2. The van der Waals surface area contributed by atoms with Crippen LogP contribution in [0.1, 0.15) is 89.4 Å². The number of fused-ring (bicyclic) bond motifs is 1. The molecule has 0 spiro atoms. The summed E-state index contributed by atoms with van der Waals surface area (Å²) in [4.78, 5) is 0. The highest BCUT2D eigenvalue weighted by Crippen LogP contribution is 2.41. The molecule has 0 aliphatic carbocycles. The number of hydrogen-bond donors (Lipinski definition) is 2. The van der Waals surface area contributed by atoms with Gasteiger partial charge in [0, 0.05) is 34.0 Å². The van der Waals surface area contributed by atoms with E-state index in [1.165, 1.54) is 0 Å². The molecule has 28 heavy (non-hydrogen) atoms. The molecule has 2 aromatic carbocycles. The molecule has 0 aliphatic heterocycles. The summed E-state index contributed by atoms with van der Waals surface area (Å²) in [5.74, 6) is 1.80. The zero-order valence-corrected chi connectivity index (χ0v) is 18.1. The fourth-order valence-corrected chi connectivity index (χ4v) is 3.37. The van der Waals surface area contributed by atoms with Crippen molar-refractivity contribution >= 4 is 10.8 Å². The second-order valence-corrected chi connectivity index (χ2v) is 7.50. The first-order chi connectivity index (χ1) is 13.6. The maximum absolute atomic E-state index is 6.40. The van der Waals surface area contributed by atoms with Crippen LogP contribution in [0.3, 0.4) is 0 Å². The number of unbranched alkanes of at least 4 members (excludes halogenated alkanes) is 2. The quantitative estimate of drug-likeness (QED) is 0.438. The van der Waals surface area contributed by atoms with Crippen molar-refractivity contribution in [1.29, 1.82) is 0 Å². The van der Waals surface area contributed by atoms with Gasteiger partial charge in [-0.1, -0.05) is 64.8 Å². The molecule has 0 aromatic heterocycles. The topological polar surface area (TPSA) is 70.5 Å². The molecular weight excluding hydrogens is 348 g/mol. The van der Waals surface area contributed by atoms with Crippen LogP contribution in [0.2, 0.25) is 0 Å². The van der Waals surface area contributed by atoms with E-state index in [2.05, 4.69) is 52.0 Å². The highest BCUT2D eigenvalue weighted by Gasteiger charge is 2.20. The molecule has 0 bridgehead atoms. The Morgan fingerprint density at radius 3 is 1.39 bits per heavy atom. The standard InChI is InChI=1S/C24H38N2O2/c1-5-9-15-27-23-17-11-14-20(22(26)8-4)24(28-16-10-6-2)18(17)12-13-19(23)21(25)7-3/h11-14,21-22H,5-10,15-16,25-26H2,1-4H3. The van der Waals surface area contributed by atoms with Gasteiger partial charge in [-0.15, -0.1) is 0 Å². The summed E-state index contributed by atoms with van der Waals surface area (Å²) in [7, 11) is 0. The van der Waals surface area contributed by atoms with Gasteiger partial charge < -0.3 is 20.9 Å². The third-order valence-corrected chi connectivity index (χ3v) is 5.33. The number of nitrogens with two attached hydrogens (primary N) is 2. The van der Waals surface area contributed by atoms with E-state index in [1.54, 1.807) is 0 Å². The highest BCUT2D eigenvalue weighted by atomic mass is 16.5. The Morgan fingerprint density at radius 1 is 0.679 bits per heavy atom. The van der Waals surface area contributed by atoms with Crippen LogP contribution in [-0.2, 0) is 0 Å². The molecule has 0 fully saturated rings. The third-order valence-electron chi connectivity index (χ3n) is 5.33. The molecule has 0 heterocycles. The smallest absolute Gasteiger partial charge is 0.132 e. The summed E-state index contributed by atoms with van der Waals surface area (Å²) < 4.78 is 12.5. The summed E-state index contributed by atoms with van der Waals surface area (Å²) >= 11 is 0. The fourth-order valence-electron chi connectivity index (χ4n) is 3.37. The zero-order valence-electron chi connectivity index (χ0n) is 18.1. The minimum Gasteiger partial charge on any atom is -0.493 e. The Balaban J connectivity index is 2.62. The summed E-state index contributed by atoms with van der Waals surface area (Å²) in [6, 6.07) is 8.38. The van der Waals surface area contributed by atoms with Crippen LogP contribution in [0.25, 0.3) is 10.8 Å². The molecule has 0 radical (unpaired) electrons. The van der Waals surface area contributed by atoms with Crippen LogP contribution in [0.15, 0.2) is 24.3 Å². The predicted molar refractivity (Wildman–Crippen MR) is 119 cm³/mol. The SMILES string of the molecule is CCCCOc1c(C(N)CC)ccc2c(OCCCC)c(C(N)CC)ccc12. The summed E-state index contributed by atoms with van der Waals surface area (Å²) in [6.07, 6.45) is 5.98. The zero-order chi connectivity index (χ0) is 20.5. The van der Waals surface area contributed by atoms with E-state index < -0.39 is 0 Å². The number of hydrogen-bond acceptors (Lipinski definition) is 4. The molecule has 156 valence electrons. The van der Waals surface area contributed by atoms with E-state index in [1.807, 2.05) is 0 Å². The summed E-state index contributed by atoms with van der Waals surface area (Å²) in [6.45, 7) is 9.94. The molecule has 2 aromatic rings. The van der Waals surface area contributed by atoms with E-state index >= 15 is 0 Å². The third kappa shape index (κ3) is 5.18. The van der Waals surface area contributed by atoms with Gasteiger partial charge in [-0.05, 0) is 25.7 Å². The number of rotatable bonds is 12. The molecule has 4 N–H and O–H groups in total. The maximum atomic E-state index is 6.40. The molecule has 2 atom stereocenters. The van der Waals surface area contributed by atoms with Gasteiger partial charge in [0.05, 0.1) is 13.2 Å². The van der Waals surface area contributed by atoms with E-state index in [4.69, 9.17) is 20.9 Å². The van der Waals surface area contributed by atoms with Gasteiger partial charge in [0.2, 0.25) is 0 Å². The maximum Gasteiger partial charge on any atom is 0.132 e. The van der Waals surface area contributed by atoms with Gasteiger partial charge >= 0.3 is 0 Å². The molecular formula is C24H38N2O2. The lowest BCUT2D eigenvalue weighted by atomic mass is 9.94. The molecule has 2 rings (SSSR count). The lowest BCUT2D eigenvalue weighted by Gasteiger charge is -2.22. The van der Waals surface area contributed by atoms with Crippen molar-refractivity contribution < 1.29 is 9.47 Å². The van der Waals surface area contributed by atoms with Crippen molar-refractivity contribution in [3.8, 4) is 11.5 Å². The van der Waals surface area contributed by atoms with Crippen molar-refractivity contribution in [2.75, 3.05) is 13.2 Å². The Kier molecular flexibility index (Phi) is 9.07. The second kappa shape index (κ2) is 11.3. The first kappa shape index (κ1) is 22.5. The largest absolute Gasteiger partial charge is 0.493 e. The average Bonchev–Trinajstić information content (AvgIpc) is 2.72. The van der Waals surface area contributed by atoms with Gasteiger partial charge in [0.25, 0.3) is 0 Å². The normalized spacial score (nSPS) is 13.5. The Hall–Kier alpha value is -1.78. The molecule has 0 aliphatic rings. The van der Waals surface area contributed by atoms with Crippen LogP contribution in [0.5, 0.6) is 11.5 Å².